The number of ketones is 1. The second-order valence-corrected chi connectivity index (χ2v) is 11.7. The van der Waals surface area contributed by atoms with Gasteiger partial charge in [-0.15, -0.1) is 11.3 Å². The Hall–Kier alpha value is -3.76. The molecule has 0 N–H and O–H groups in total. The molecule has 3 heterocycles. The van der Waals surface area contributed by atoms with E-state index in [4.69, 9.17) is 14.5 Å². The number of aromatic nitrogens is 1. The van der Waals surface area contributed by atoms with Gasteiger partial charge in [-0.25, -0.2) is 4.98 Å². The Morgan fingerprint density at radius 3 is 2.05 bits per heavy atom. The Morgan fingerprint density at radius 2 is 1.43 bits per heavy atom. The van der Waals surface area contributed by atoms with Crippen molar-refractivity contribution in [3.63, 3.8) is 0 Å². The number of rotatable bonds is 10. The van der Waals surface area contributed by atoms with Crippen LogP contribution in [-0.2, 0) is 11.3 Å². The summed E-state index contributed by atoms with van der Waals surface area (Å²) < 4.78 is 10.4. The van der Waals surface area contributed by atoms with Crippen LogP contribution in [-0.4, -0.2) is 90.8 Å². The summed E-state index contributed by atoms with van der Waals surface area (Å²) in [4.78, 5) is 49.3. The fourth-order valence-corrected chi connectivity index (χ4v) is 6.47. The van der Waals surface area contributed by atoms with Gasteiger partial charge in [-0.2, -0.15) is 0 Å². The van der Waals surface area contributed by atoms with Crippen molar-refractivity contribution in [2.75, 3.05) is 53.5 Å². The van der Waals surface area contributed by atoms with Crippen LogP contribution in [0.4, 0.5) is 0 Å². The van der Waals surface area contributed by atoms with Gasteiger partial charge in [-0.05, 0) is 54.8 Å². The number of methoxy groups -OCH3 is 2. The minimum Gasteiger partial charge on any atom is -0.497 e. The number of piperazine rings is 1. The van der Waals surface area contributed by atoms with Crippen molar-refractivity contribution >= 4 is 28.9 Å². The molecule has 2 aliphatic heterocycles. The molecular weight excluding hydrogens is 552 g/mol. The van der Waals surface area contributed by atoms with E-state index in [2.05, 4.69) is 17.0 Å². The maximum absolute atomic E-state index is 13.2. The van der Waals surface area contributed by atoms with Crippen molar-refractivity contribution in [3.8, 4) is 11.5 Å². The number of benzene rings is 2. The van der Waals surface area contributed by atoms with Crippen LogP contribution in [0.25, 0.3) is 0 Å². The van der Waals surface area contributed by atoms with Crippen LogP contribution in [0.3, 0.4) is 0 Å². The van der Waals surface area contributed by atoms with E-state index in [1.165, 1.54) is 5.56 Å². The molecule has 3 aromatic rings. The molecule has 5 rings (SSSR count). The SMILES string of the molecule is COc1ccc(CN2CCN(C(=O)c3csc(C4CCN(C(=O)CCC(=O)c5ccc(OC)cc5)CC4)n3)CC2)cc1. The largest absolute Gasteiger partial charge is 0.497 e. The van der Waals surface area contributed by atoms with Crippen LogP contribution < -0.4 is 9.47 Å². The smallest absolute Gasteiger partial charge is 0.273 e. The molecule has 1 aromatic heterocycles. The zero-order chi connectivity index (χ0) is 29.5. The Kier molecular flexibility index (Phi) is 9.86. The molecule has 0 unspecified atom stereocenters. The van der Waals surface area contributed by atoms with Crippen LogP contribution in [0, 0.1) is 0 Å². The molecule has 42 heavy (non-hydrogen) atoms. The topological polar surface area (TPSA) is 92.3 Å². The van der Waals surface area contributed by atoms with E-state index in [1.807, 2.05) is 27.3 Å². The molecule has 2 aliphatic rings. The van der Waals surface area contributed by atoms with Crippen LogP contribution in [0.15, 0.2) is 53.9 Å². The Labute approximate surface area is 251 Å². The molecule has 0 spiro atoms. The highest BCUT2D eigenvalue weighted by Crippen LogP contribution is 2.31. The predicted octanol–water partition coefficient (Wildman–Crippen LogP) is 4.49. The van der Waals surface area contributed by atoms with E-state index in [-0.39, 0.29) is 36.4 Å². The first-order valence-electron chi connectivity index (χ1n) is 14.5. The van der Waals surface area contributed by atoms with E-state index in [0.29, 0.717) is 43.2 Å². The quantitative estimate of drug-likeness (QED) is 0.322. The van der Waals surface area contributed by atoms with Gasteiger partial charge in [0.05, 0.1) is 19.2 Å². The van der Waals surface area contributed by atoms with Gasteiger partial charge in [-0.3, -0.25) is 19.3 Å². The maximum atomic E-state index is 13.2. The van der Waals surface area contributed by atoms with Crippen LogP contribution >= 0.6 is 11.3 Å². The molecule has 0 atom stereocenters. The zero-order valence-electron chi connectivity index (χ0n) is 24.3. The number of thiazole rings is 1. The third-order valence-corrected chi connectivity index (χ3v) is 9.15. The molecular formula is C32H38N4O5S. The fourth-order valence-electron chi connectivity index (χ4n) is 5.51. The standard InChI is InChI=1S/C32H38N4O5S/c1-40-26-7-3-23(4-8-26)21-34-17-19-36(20-18-34)32(39)28-22-42-31(33-28)25-13-15-35(16-14-25)30(38)12-11-29(37)24-5-9-27(41-2)10-6-24/h3-10,22,25H,11-21H2,1-2H3. The van der Waals surface area contributed by atoms with Gasteiger partial charge in [0.25, 0.3) is 5.91 Å². The van der Waals surface area contributed by atoms with Crippen LogP contribution in [0.2, 0.25) is 0 Å². The molecule has 9 nitrogen and oxygen atoms in total. The number of piperidine rings is 1. The molecule has 0 saturated carbocycles. The average molecular weight is 591 g/mol. The van der Waals surface area contributed by atoms with Gasteiger partial charge < -0.3 is 19.3 Å². The third-order valence-electron chi connectivity index (χ3n) is 8.14. The summed E-state index contributed by atoms with van der Waals surface area (Å²) >= 11 is 1.54. The number of amides is 2. The average Bonchev–Trinajstić information content (AvgIpc) is 3.54. The monoisotopic (exact) mass is 590 g/mol. The van der Waals surface area contributed by atoms with Crippen molar-refractivity contribution in [3.05, 3.63) is 75.7 Å². The van der Waals surface area contributed by atoms with Crippen LogP contribution in [0.1, 0.15) is 63.0 Å². The second-order valence-electron chi connectivity index (χ2n) is 10.8. The number of nitrogens with zero attached hydrogens (tertiary/aromatic N) is 4. The van der Waals surface area contributed by atoms with E-state index < -0.39 is 0 Å². The predicted molar refractivity (Wildman–Crippen MR) is 161 cm³/mol. The summed E-state index contributed by atoms with van der Waals surface area (Å²) in [5, 5.41) is 2.85. The van der Waals surface area contributed by atoms with Crippen molar-refractivity contribution in [1.82, 2.24) is 19.7 Å². The lowest BCUT2D eigenvalue weighted by Gasteiger charge is -2.34. The van der Waals surface area contributed by atoms with Crippen LogP contribution in [0.5, 0.6) is 11.5 Å². The lowest BCUT2D eigenvalue weighted by molar-refractivity contribution is -0.132. The first-order chi connectivity index (χ1) is 20.4. The van der Waals surface area contributed by atoms with E-state index >= 15 is 0 Å². The van der Waals surface area contributed by atoms with E-state index in [1.54, 1.807) is 49.8 Å². The van der Waals surface area contributed by atoms with Crippen molar-refractivity contribution < 1.29 is 23.9 Å². The molecule has 222 valence electrons. The molecule has 0 bridgehead atoms. The summed E-state index contributed by atoms with van der Waals surface area (Å²) in [5.74, 6) is 1.75. The third kappa shape index (κ3) is 7.35. The number of likely N-dealkylation sites (tertiary alicyclic amines) is 1. The van der Waals surface area contributed by atoms with Crippen molar-refractivity contribution in [1.29, 1.82) is 0 Å². The summed E-state index contributed by atoms with van der Waals surface area (Å²) in [6.45, 7) is 5.15. The molecule has 2 amide bonds. The lowest BCUT2D eigenvalue weighted by atomic mass is 9.97. The van der Waals surface area contributed by atoms with Crippen molar-refractivity contribution in [2.24, 2.45) is 0 Å². The Morgan fingerprint density at radius 1 is 0.810 bits per heavy atom. The normalized spacial score (nSPS) is 16.3. The summed E-state index contributed by atoms with van der Waals surface area (Å²) in [6.07, 6.45) is 2.02. The summed E-state index contributed by atoms with van der Waals surface area (Å²) in [5.41, 5.74) is 2.34. The van der Waals surface area contributed by atoms with E-state index in [0.717, 1.165) is 43.2 Å². The highest BCUT2D eigenvalue weighted by molar-refractivity contribution is 7.09. The minimum atomic E-state index is -0.0421. The Bertz CT molecular complexity index is 1360. The van der Waals surface area contributed by atoms with Gasteiger partial charge in [0.2, 0.25) is 5.91 Å². The molecule has 0 aliphatic carbocycles. The number of hydrogen-bond donors (Lipinski definition) is 0. The number of ether oxygens (including phenoxy) is 2. The fraction of sp³-hybridized carbons (Fsp3) is 0.438. The first-order valence-corrected chi connectivity index (χ1v) is 15.4. The first kappa shape index (κ1) is 29.7. The zero-order valence-corrected chi connectivity index (χ0v) is 25.1. The number of carbonyl (C=O) groups is 3. The van der Waals surface area contributed by atoms with Gasteiger partial charge >= 0.3 is 0 Å². The van der Waals surface area contributed by atoms with E-state index in [9.17, 15) is 14.4 Å². The molecule has 2 saturated heterocycles. The molecule has 0 radical (unpaired) electrons. The second kappa shape index (κ2) is 13.9. The van der Waals surface area contributed by atoms with Gasteiger partial charge in [0, 0.05) is 75.5 Å². The van der Waals surface area contributed by atoms with Gasteiger partial charge in [-0.1, -0.05) is 12.1 Å². The Balaban J connectivity index is 1.04. The van der Waals surface area contributed by atoms with Gasteiger partial charge in [0.15, 0.2) is 5.78 Å². The highest BCUT2D eigenvalue weighted by atomic mass is 32.1. The number of carbonyl (C=O) groups excluding carboxylic acids is 3. The number of hydrogen-bond acceptors (Lipinski definition) is 8. The number of Topliss-reactive ketones (excluding diaryl/α,β-unsaturated/α-hetero) is 1. The minimum absolute atomic E-state index is 0.00395. The molecule has 10 heteroatoms. The van der Waals surface area contributed by atoms with Crippen molar-refractivity contribution in [2.45, 2.75) is 38.1 Å². The lowest BCUT2D eigenvalue weighted by Crippen LogP contribution is -2.48. The maximum Gasteiger partial charge on any atom is 0.273 e. The summed E-state index contributed by atoms with van der Waals surface area (Å²) in [6, 6.07) is 15.1. The molecule has 2 fully saturated rings. The van der Waals surface area contributed by atoms with Gasteiger partial charge in [0.1, 0.15) is 17.2 Å². The highest BCUT2D eigenvalue weighted by Gasteiger charge is 2.28. The molecule has 2 aromatic carbocycles. The summed E-state index contributed by atoms with van der Waals surface area (Å²) in [7, 11) is 3.25.